The lowest BCUT2D eigenvalue weighted by Gasteiger charge is -2.30. The van der Waals surface area contributed by atoms with Crippen LogP contribution >= 0.6 is 0 Å². The number of carbonyl (C=O) groups excluding carboxylic acids is 2. The predicted octanol–water partition coefficient (Wildman–Crippen LogP) is 4.29. The fourth-order valence-corrected chi connectivity index (χ4v) is 3.77. The van der Waals surface area contributed by atoms with Gasteiger partial charge < -0.3 is 19.7 Å². The average Bonchev–Trinajstić information content (AvgIpc) is 2.79. The number of rotatable bonds is 7. The molecule has 0 atom stereocenters. The third-order valence-electron chi connectivity index (χ3n) is 5.41. The molecule has 4 rings (SSSR count). The lowest BCUT2D eigenvalue weighted by atomic mass is 10.1. The third kappa shape index (κ3) is 4.91. The van der Waals surface area contributed by atoms with Crippen LogP contribution in [0.4, 0.5) is 11.4 Å². The highest BCUT2D eigenvalue weighted by molar-refractivity contribution is 5.99. The maximum Gasteiger partial charge on any atom is 0.265 e. The maximum atomic E-state index is 12.5. The van der Waals surface area contributed by atoms with Gasteiger partial charge in [-0.05, 0) is 55.2 Å². The maximum absolute atomic E-state index is 12.5. The van der Waals surface area contributed by atoms with Crippen molar-refractivity contribution in [3.05, 3.63) is 83.4 Å². The van der Waals surface area contributed by atoms with Crippen LogP contribution in [0.2, 0.25) is 0 Å². The number of ether oxygens (including phenoxy) is 2. The Labute approximate surface area is 187 Å². The number of aryl methyl sites for hydroxylation is 2. The van der Waals surface area contributed by atoms with Gasteiger partial charge in [0, 0.05) is 12.2 Å². The van der Waals surface area contributed by atoms with Crippen LogP contribution in [0, 0.1) is 13.8 Å². The number of hydrogen-bond acceptors (Lipinski definition) is 4. The Balaban J connectivity index is 1.44. The number of para-hydroxylation sites is 1. The minimum atomic E-state index is -0.272. The molecule has 0 aliphatic carbocycles. The smallest absolute Gasteiger partial charge is 0.265 e. The zero-order valence-corrected chi connectivity index (χ0v) is 18.3. The zero-order valence-electron chi connectivity index (χ0n) is 18.3. The molecule has 0 aromatic heterocycles. The van der Waals surface area contributed by atoms with Crippen LogP contribution in [0.1, 0.15) is 16.7 Å². The highest BCUT2D eigenvalue weighted by Gasteiger charge is 2.25. The van der Waals surface area contributed by atoms with Crippen molar-refractivity contribution in [1.29, 1.82) is 0 Å². The summed E-state index contributed by atoms with van der Waals surface area (Å²) in [6, 6.07) is 21.2. The van der Waals surface area contributed by atoms with E-state index in [-0.39, 0.29) is 25.0 Å². The molecule has 1 N–H and O–H groups in total. The number of hydrogen-bond donors (Lipinski definition) is 1. The summed E-state index contributed by atoms with van der Waals surface area (Å²) in [5, 5.41) is 2.85. The lowest BCUT2D eigenvalue weighted by molar-refractivity contribution is -0.121. The van der Waals surface area contributed by atoms with Crippen molar-refractivity contribution in [2.45, 2.75) is 20.3 Å². The Hall–Kier alpha value is -3.80. The Kier molecular flexibility index (Phi) is 6.40. The first-order chi connectivity index (χ1) is 15.5. The first kappa shape index (κ1) is 21.4. The monoisotopic (exact) mass is 430 g/mol. The van der Waals surface area contributed by atoms with E-state index in [1.54, 1.807) is 23.1 Å². The molecule has 3 aromatic carbocycles. The summed E-state index contributed by atoms with van der Waals surface area (Å²) in [4.78, 5) is 26.7. The van der Waals surface area contributed by atoms with Gasteiger partial charge in [-0.3, -0.25) is 9.59 Å². The molecule has 32 heavy (non-hydrogen) atoms. The molecule has 0 radical (unpaired) electrons. The van der Waals surface area contributed by atoms with E-state index in [0.29, 0.717) is 23.7 Å². The second-order valence-electron chi connectivity index (χ2n) is 7.81. The van der Waals surface area contributed by atoms with E-state index in [1.807, 2.05) is 62.4 Å². The van der Waals surface area contributed by atoms with E-state index < -0.39 is 0 Å². The van der Waals surface area contributed by atoms with Crippen molar-refractivity contribution in [3.63, 3.8) is 0 Å². The molecular formula is C26H26N2O4. The number of nitrogens with one attached hydrogen (secondary N) is 1. The van der Waals surface area contributed by atoms with E-state index in [0.717, 1.165) is 28.9 Å². The number of amides is 2. The van der Waals surface area contributed by atoms with Crippen molar-refractivity contribution in [2.75, 3.05) is 30.0 Å². The molecule has 3 aromatic rings. The molecule has 1 aliphatic rings. The Morgan fingerprint density at radius 2 is 1.78 bits per heavy atom. The topological polar surface area (TPSA) is 67.9 Å². The average molecular weight is 431 g/mol. The van der Waals surface area contributed by atoms with E-state index in [2.05, 4.69) is 5.32 Å². The number of carbonyl (C=O) groups is 2. The Bertz CT molecular complexity index is 1110. The SMILES string of the molecule is Cc1cccc(C)c1OCC(=O)Nc1ccc2c(c1)N(CCc1ccccc1)C(=O)CO2. The minimum absolute atomic E-state index is 0.0110. The van der Waals surface area contributed by atoms with Crippen LogP contribution in [0.15, 0.2) is 66.7 Å². The standard InChI is InChI=1S/C26H26N2O4/c1-18-7-6-8-19(2)26(18)32-16-24(29)27-21-11-12-23-22(15-21)28(25(30)17-31-23)14-13-20-9-4-3-5-10-20/h3-12,15H,13-14,16-17H2,1-2H3,(H,27,29). The van der Waals surface area contributed by atoms with Crippen LogP contribution in [0.3, 0.4) is 0 Å². The van der Waals surface area contributed by atoms with Gasteiger partial charge in [0.25, 0.3) is 11.8 Å². The van der Waals surface area contributed by atoms with E-state index in [4.69, 9.17) is 9.47 Å². The molecule has 0 spiro atoms. The molecule has 0 saturated heterocycles. The second kappa shape index (κ2) is 9.56. The summed E-state index contributed by atoms with van der Waals surface area (Å²) in [7, 11) is 0. The Morgan fingerprint density at radius 1 is 1.03 bits per heavy atom. The molecule has 1 heterocycles. The first-order valence-electron chi connectivity index (χ1n) is 10.6. The van der Waals surface area contributed by atoms with Gasteiger partial charge in [-0.1, -0.05) is 48.5 Å². The third-order valence-corrected chi connectivity index (χ3v) is 5.41. The lowest BCUT2D eigenvalue weighted by Crippen LogP contribution is -2.40. The summed E-state index contributed by atoms with van der Waals surface area (Å²) in [5.41, 5.74) is 4.36. The molecule has 0 fully saturated rings. The number of anilines is 2. The minimum Gasteiger partial charge on any atom is -0.483 e. The molecule has 0 bridgehead atoms. The highest BCUT2D eigenvalue weighted by Crippen LogP contribution is 2.34. The summed E-state index contributed by atoms with van der Waals surface area (Å²) < 4.78 is 11.3. The molecular weight excluding hydrogens is 404 g/mol. The van der Waals surface area contributed by atoms with Gasteiger partial charge >= 0.3 is 0 Å². The van der Waals surface area contributed by atoms with Crippen LogP contribution < -0.4 is 19.7 Å². The van der Waals surface area contributed by atoms with E-state index >= 15 is 0 Å². The van der Waals surface area contributed by atoms with E-state index in [9.17, 15) is 9.59 Å². The molecule has 6 heteroatoms. The number of benzene rings is 3. The summed E-state index contributed by atoms with van der Waals surface area (Å²) in [6.45, 7) is 4.34. The largest absolute Gasteiger partial charge is 0.483 e. The molecule has 1 aliphatic heterocycles. The van der Waals surface area contributed by atoms with Crippen LogP contribution in [-0.4, -0.2) is 31.6 Å². The van der Waals surface area contributed by atoms with Crippen molar-refractivity contribution in [2.24, 2.45) is 0 Å². The molecule has 2 amide bonds. The van der Waals surface area contributed by atoms with Gasteiger partial charge in [0.15, 0.2) is 13.2 Å². The summed E-state index contributed by atoms with van der Waals surface area (Å²) >= 11 is 0. The van der Waals surface area contributed by atoms with Crippen molar-refractivity contribution in [3.8, 4) is 11.5 Å². The van der Waals surface area contributed by atoms with Crippen molar-refractivity contribution >= 4 is 23.2 Å². The summed E-state index contributed by atoms with van der Waals surface area (Å²) in [5.74, 6) is 0.975. The summed E-state index contributed by atoms with van der Waals surface area (Å²) in [6.07, 6.45) is 0.728. The normalized spacial score (nSPS) is 12.7. The predicted molar refractivity (Wildman–Crippen MR) is 124 cm³/mol. The molecule has 6 nitrogen and oxygen atoms in total. The van der Waals surface area contributed by atoms with E-state index in [1.165, 1.54) is 0 Å². The van der Waals surface area contributed by atoms with Gasteiger partial charge in [-0.2, -0.15) is 0 Å². The molecule has 0 saturated carbocycles. The zero-order chi connectivity index (χ0) is 22.5. The quantitative estimate of drug-likeness (QED) is 0.607. The fourth-order valence-electron chi connectivity index (χ4n) is 3.77. The second-order valence-corrected chi connectivity index (χ2v) is 7.81. The van der Waals surface area contributed by atoms with Gasteiger partial charge in [0.1, 0.15) is 11.5 Å². The highest BCUT2D eigenvalue weighted by atomic mass is 16.5. The Morgan fingerprint density at radius 3 is 2.53 bits per heavy atom. The molecule has 164 valence electrons. The van der Waals surface area contributed by atoms with Gasteiger partial charge in [0.05, 0.1) is 5.69 Å². The number of nitrogens with zero attached hydrogens (tertiary/aromatic N) is 1. The van der Waals surface area contributed by atoms with Gasteiger partial charge in [-0.15, -0.1) is 0 Å². The van der Waals surface area contributed by atoms with Gasteiger partial charge in [0.2, 0.25) is 0 Å². The fraction of sp³-hybridized carbons (Fsp3) is 0.231. The van der Waals surface area contributed by atoms with Crippen molar-refractivity contribution in [1.82, 2.24) is 0 Å². The first-order valence-corrected chi connectivity index (χ1v) is 10.6. The molecule has 0 unspecified atom stereocenters. The number of fused-ring (bicyclic) bond motifs is 1. The van der Waals surface area contributed by atoms with Gasteiger partial charge in [-0.25, -0.2) is 0 Å². The van der Waals surface area contributed by atoms with Crippen LogP contribution in [0.25, 0.3) is 0 Å². The van der Waals surface area contributed by atoms with Crippen molar-refractivity contribution < 1.29 is 19.1 Å². The van der Waals surface area contributed by atoms with Crippen LogP contribution in [0.5, 0.6) is 11.5 Å². The van der Waals surface area contributed by atoms with Crippen LogP contribution in [-0.2, 0) is 16.0 Å².